The monoisotopic (exact) mass is 389 g/mol. The normalized spacial score (nSPS) is 11.7. The van der Waals surface area contributed by atoms with E-state index in [1.54, 1.807) is 0 Å². The first-order valence-electron chi connectivity index (χ1n) is 10.2. The van der Waals surface area contributed by atoms with Gasteiger partial charge in [-0.25, -0.2) is 0 Å². The third-order valence-electron chi connectivity index (χ3n) is 6.13. The van der Waals surface area contributed by atoms with E-state index in [0.29, 0.717) is 0 Å². The second kappa shape index (κ2) is 6.33. The van der Waals surface area contributed by atoms with E-state index in [0.717, 1.165) is 16.8 Å². The van der Waals surface area contributed by atoms with Crippen molar-refractivity contribution in [2.45, 2.75) is 6.92 Å². The first-order valence-corrected chi connectivity index (χ1v) is 10.2. The van der Waals surface area contributed by atoms with Gasteiger partial charge in [-0.3, -0.25) is 0 Å². The number of aryl methyl sites for hydroxylation is 2. The van der Waals surface area contributed by atoms with Gasteiger partial charge in [0.05, 0.1) is 33.9 Å². The molecule has 0 amide bonds. The quantitative estimate of drug-likeness (QED) is 0.317. The summed E-state index contributed by atoms with van der Waals surface area (Å²) in [4.78, 5) is 0. The van der Waals surface area contributed by atoms with Crippen LogP contribution in [0.25, 0.3) is 49.7 Å². The van der Waals surface area contributed by atoms with Crippen molar-refractivity contribution in [3.05, 3.63) is 97.0 Å². The Morgan fingerprint density at radius 3 is 1.97 bits per heavy atom. The van der Waals surface area contributed by atoms with Crippen LogP contribution in [0.4, 0.5) is 0 Å². The summed E-state index contributed by atoms with van der Waals surface area (Å²) in [7, 11) is 2.12. The summed E-state index contributed by atoms with van der Waals surface area (Å²) in [5.41, 5.74) is 8.18. The number of nitrogens with zero attached hydrogens (tertiary/aromatic N) is 2. The molecule has 0 aliphatic rings. The van der Waals surface area contributed by atoms with Crippen LogP contribution in [-0.4, -0.2) is 4.57 Å². The molecule has 3 heteroatoms. The molecule has 6 aromatic rings. The third-order valence-corrected chi connectivity index (χ3v) is 6.13. The Balaban J connectivity index is 1.82. The van der Waals surface area contributed by atoms with E-state index in [2.05, 4.69) is 102 Å². The van der Waals surface area contributed by atoms with Crippen LogP contribution in [0.3, 0.4) is 0 Å². The van der Waals surface area contributed by atoms with Crippen molar-refractivity contribution in [3.63, 3.8) is 0 Å². The maximum atomic E-state index is 5.52. The summed E-state index contributed by atoms with van der Waals surface area (Å²) in [6.07, 6.45) is 3.65. The topological polar surface area (TPSA) is 21.9 Å². The molecule has 3 heterocycles. The average Bonchev–Trinajstić information content (AvgIpc) is 3.36. The predicted octanol–water partition coefficient (Wildman–Crippen LogP) is 6.33. The van der Waals surface area contributed by atoms with E-state index in [4.69, 9.17) is 4.42 Å². The van der Waals surface area contributed by atoms with Gasteiger partial charge < -0.3 is 8.98 Å². The molecule has 0 radical (unpaired) electrons. The number of rotatable bonds is 2. The summed E-state index contributed by atoms with van der Waals surface area (Å²) in [6.45, 7) is 2.09. The molecule has 0 N–H and O–H groups in total. The number of pyridine rings is 1. The fourth-order valence-corrected chi connectivity index (χ4v) is 4.67. The van der Waals surface area contributed by atoms with Crippen LogP contribution in [0.5, 0.6) is 0 Å². The molecule has 0 saturated heterocycles. The number of para-hydroxylation sites is 3. The van der Waals surface area contributed by atoms with Gasteiger partial charge in [0.2, 0.25) is 11.2 Å². The van der Waals surface area contributed by atoms with Gasteiger partial charge in [-0.05, 0) is 25.1 Å². The molecule has 30 heavy (non-hydrogen) atoms. The zero-order chi connectivity index (χ0) is 20.2. The van der Waals surface area contributed by atoms with Crippen molar-refractivity contribution < 1.29 is 8.98 Å². The van der Waals surface area contributed by atoms with Gasteiger partial charge in [0.25, 0.3) is 0 Å². The van der Waals surface area contributed by atoms with Crippen molar-refractivity contribution >= 4 is 32.7 Å². The minimum Gasteiger partial charge on any atom is -0.471 e. The Morgan fingerprint density at radius 1 is 0.733 bits per heavy atom. The summed E-state index contributed by atoms with van der Waals surface area (Å²) in [5, 5.41) is 3.76. The van der Waals surface area contributed by atoms with E-state index >= 15 is 0 Å². The maximum Gasteiger partial charge on any atom is 0.218 e. The van der Waals surface area contributed by atoms with Crippen molar-refractivity contribution in [1.82, 2.24) is 4.57 Å². The minimum absolute atomic E-state index is 1.12. The van der Waals surface area contributed by atoms with Crippen LogP contribution in [0.1, 0.15) is 5.56 Å². The zero-order valence-electron chi connectivity index (χ0n) is 17.0. The van der Waals surface area contributed by atoms with E-state index in [-0.39, 0.29) is 0 Å². The van der Waals surface area contributed by atoms with Crippen LogP contribution >= 0.6 is 0 Å². The largest absolute Gasteiger partial charge is 0.471 e. The number of benzene rings is 3. The lowest BCUT2D eigenvalue weighted by Crippen LogP contribution is -2.32. The molecule has 3 nitrogen and oxygen atoms in total. The molecule has 0 fully saturated rings. The molecule has 3 aromatic heterocycles. The number of hydrogen-bond donors (Lipinski definition) is 0. The van der Waals surface area contributed by atoms with Crippen molar-refractivity contribution in [2.24, 2.45) is 7.05 Å². The van der Waals surface area contributed by atoms with E-state index < -0.39 is 0 Å². The van der Waals surface area contributed by atoms with Gasteiger partial charge >= 0.3 is 0 Å². The van der Waals surface area contributed by atoms with Crippen molar-refractivity contribution in [2.75, 3.05) is 0 Å². The second-order valence-corrected chi connectivity index (χ2v) is 7.83. The molecule has 6 rings (SSSR count). The van der Waals surface area contributed by atoms with Gasteiger partial charge in [-0.1, -0.05) is 48.5 Å². The highest BCUT2D eigenvalue weighted by atomic mass is 16.3. The van der Waals surface area contributed by atoms with Crippen LogP contribution in [-0.2, 0) is 7.05 Å². The van der Waals surface area contributed by atoms with Gasteiger partial charge in [-0.15, -0.1) is 0 Å². The van der Waals surface area contributed by atoms with Crippen molar-refractivity contribution in [3.8, 4) is 16.9 Å². The molecular weight excluding hydrogens is 368 g/mol. The average molecular weight is 389 g/mol. The van der Waals surface area contributed by atoms with Gasteiger partial charge in [0, 0.05) is 28.5 Å². The smallest absolute Gasteiger partial charge is 0.218 e. The van der Waals surface area contributed by atoms with Crippen LogP contribution in [0.15, 0.2) is 95.8 Å². The lowest BCUT2D eigenvalue weighted by Gasteiger charge is -2.13. The first kappa shape index (κ1) is 17.0. The molecule has 0 atom stereocenters. The lowest BCUT2D eigenvalue weighted by atomic mass is 10.1. The number of aromatic nitrogens is 2. The fourth-order valence-electron chi connectivity index (χ4n) is 4.67. The summed E-state index contributed by atoms with van der Waals surface area (Å²) >= 11 is 0. The number of hydrogen-bond acceptors (Lipinski definition) is 1. The molecule has 0 spiro atoms. The highest BCUT2D eigenvalue weighted by molar-refractivity contribution is 6.10. The van der Waals surface area contributed by atoms with Crippen LogP contribution in [0.2, 0.25) is 0 Å². The molecule has 0 aliphatic heterocycles. The summed E-state index contributed by atoms with van der Waals surface area (Å²) in [5.74, 6) is 0. The van der Waals surface area contributed by atoms with Gasteiger partial charge in [-0.2, -0.15) is 4.57 Å². The number of furan rings is 1. The Morgan fingerprint density at radius 2 is 1.33 bits per heavy atom. The number of fused-ring (bicyclic) bond motifs is 4. The Hall–Kier alpha value is -3.85. The Kier molecular flexibility index (Phi) is 3.59. The molecular formula is C27H21N2O+. The maximum absolute atomic E-state index is 5.52. The Bertz CT molecular complexity index is 1520. The highest BCUT2D eigenvalue weighted by Crippen LogP contribution is 2.35. The molecule has 144 valence electrons. The molecule has 0 saturated carbocycles. The standard InChI is InChI=1S/C27H21N2O/c1-18-16-30-17-22(18)26-15-27(21-11-5-6-12-23(21)28(26)2)29-24-13-7-3-9-19(24)20-10-4-8-14-25(20)29/h3-17H,1-2H3/q+1. The molecule has 0 unspecified atom stereocenters. The molecule has 0 bridgehead atoms. The Labute approximate surface area is 174 Å². The van der Waals surface area contributed by atoms with E-state index in [9.17, 15) is 0 Å². The van der Waals surface area contributed by atoms with Crippen LogP contribution < -0.4 is 4.57 Å². The summed E-state index contributed by atoms with van der Waals surface area (Å²) in [6, 6.07) is 28.2. The molecule has 3 aromatic carbocycles. The lowest BCUT2D eigenvalue weighted by molar-refractivity contribution is -0.633. The zero-order valence-corrected chi connectivity index (χ0v) is 17.0. The molecule has 0 aliphatic carbocycles. The van der Waals surface area contributed by atoms with Gasteiger partial charge in [0.1, 0.15) is 13.3 Å². The van der Waals surface area contributed by atoms with E-state index in [1.807, 2.05) is 12.5 Å². The highest BCUT2D eigenvalue weighted by Gasteiger charge is 2.23. The van der Waals surface area contributed by atoms with Gasteiger partial charge in [0.15, 0.2) is 0 Å². The minimum atomic E-state index is 1.12. The van der Waals surface area contributed by atoms with Crippen molar-refractivity contribution in [1.29, 1.82) is 0 Å². The summed E-state index contributed by atoms with van der Waals surface area (Å²) < 4.78 is 10.2. The van der Waals surface area contributed by atoms with Crippen LogP contribution in [0, 0.1) is 6.92 Å². The third kappa shape index (κ3) is 2.29. The fraction of sp³-hybridized carbons (Fsp3) is 0.0741. The SMILES string of the molecule is Cc1cocc1-c1cc(-n2c3ccccc3c3ccccc32)c2ccccc2[n+]1C. The predicted molar refractivity (Wildman–Crippen MR) is 122 cm³/mol. The first-order chi connectivity index (χ1) is 14.7. The van der Waals surface area contributed by atoms with E-state index in [1.165, 1.54) is 38.4 Å². The second-order valence-electron chi connectivity index (χ2n) is 7.83.